The van der Waals surface area contributed by atoms with E-state index in [4.69, 9.17) is 5.73 Å². The third kappa shape index (κ3) is 5.41. The van der Waals surface area contributed by atoms with Gasteiger partial charge in [0, 0.05) is 6.54 Å². The van der Waals surface area contributed by atoms with Gasteiger partial charge in [0.2, 0.25) is 10.0 Å². The Bertz CT molecular complexity index is 516. The van der Waals surface area contributed by atoms with E-state index in [1.165, 1.54) is 12.8 Å². The van der Waals surface area contributed by atoms with Gasteiger partial charge in [0.05, 0.1) is 5.75 Å². The van der Waals surface area contributed by atoms with Crippen molar-refractivity contribution >= 4 is 10.0 Å². The van der Waals surface area contributed by atoms with Crippen molar-refractivity contribution in [2.75, 3.05) is 18.8 Å². The molecule has 1 aliphatic rings. The van der Waals surface area contributed by atoms with Crippen LogP contribution in [-0.4, -0.2) is 27.3 Å². The number of nitrogens with one attached hydrogen (secondary N) is 1. The SMILES string of the molecule is NCC1CCCCC1CNS(=O)(=O)CCc1ccccc1. The van der Waals surface area contributed by atoms with Crippen LogP contribution in [0.3, 0.4) is 0 Å². The van der Waals surface area contributed by atoms with E-state index in [0.29, 0.717) is 31.3 Å². The minimum atomic E-state index is -3.20. The Labute approximate surface area is 128 Å². The summed E-state index contributed by atoms with van der Waals surface area (Å²) in [4.78, 5) is 0. The average Bonchev–Trinajstić information content (AvgIpc) is 2.52. The first-order valence-corrected chi connectivity index (χ1v) is 9.47. The number of hydrogen-bond acceptors (Lipinski definition) is 3. The highest BCUT2D eigenvalue weighted by atomic mass is 32.2. The van der Waals surface area contributed by atoms with E-state index in [1.807, 2.05) is 30.3 Å². The Kier molecular flexibility index (Phi) is 6.21. The Morgan fingerprint density at radius 2 is 1.76 bits per heavy atom. The van der Waals surface area contributed by atoms with Crippen LogP contribution < -0.4 is 10.5 Å². The Balaban J connectivity index is 1.80. The summed E-state index contributed by atoms with van der Waals surface area (Å²) in [5, 5.41) is 0. The summed E-state index contributed by atoms with van der Waals surface area (Å²) >= 11 is 0. The molecule has 2 atom stereocenters. The molecule has 3 N–H and O–H groups in total. The van der Waals surface area contributed by atoms with Gasteiger partial charge >= 0.3 is 0 Å². The lowest BCUT2D eigenvalue weighted by molar-refractivity contribution is 0.244. The van der Waals surface area contributed by atoms with Crippen molar-refractivity contribution in [1.29, 1.82) is 0 Å². The molecule has 1 fully saturated rings. The van der Waals surface area contributed by atoms with Gasteiger partial charge in [-0.25, -0.2) is 13.1 Å². The topological polar surface area (TPSA) is 72.2 Å². The summed E-state index contributed by atoms with van der Waals surface area (Å²) in [6.45, 7) is 1.20. The first-order valence-electron chi connectivity index (χ1n) is 7.82. The number of sulfonamides is 1. The van der Waals surface area contributed by atoms with Gasteiger partial charge in [-0.1, -0.05) is 43.2 Å². The van der Waals surface area contributed by atoms with Crippen LogP contribution in [0.4, 0.5) is 0 Å². The second-order valence-electron chi connectivity index (χ2n) is 5.94. The molecular weight excluding hydrogens is 284 g/mol. The lowest BCUT2D eigenvalue weighted by atomic mass is 9.79. The highest BCUT2D eigenvalue weighted by Crippen LogP contribution is 2.28. The molecule has 0 bridgehead atoms. The van der Waals surface area contributed by atoms with Gasteiger partial charge < -0.3 is 5.73 Å². The summed E-state index contributed by atoms with van der Waals surface area (Å²) in [5.41, 5.74) is 6.85. The Hall–Kier alpha value is -0.910. The Morgan fingerprint density at radius 1 is 1.10 bits per heavy atom. The van der Waals surface area contributed by atoms with Crippen LogP contribution in [-0.2, 0) is 16.4 Å². The van der Waals surface area contributed by atoms with Crippen molar-refractivity contribution in [2.45, 2.75) is 32.1 Å². The van der Waals surface area contributed by atoms with E-state index in [0.717, 1.165) is 18.4 Å². The van der Waals surface area contributed by atoms with E-state index in [-0.39, 0.29) is 5.75 Å². The summed E-state index contributed by atoms with van der Waals surface area (Å²) in [6, 6.07) is 9.72. The minimum absolute atomic E-state index is 0.150. The molecule has 0 aromatic heterocycles. The van der Waals surface area contributed by atoms with Crippen molar-refractivity contribution in [3.05, 3.63) is 35.9 Å². The van der Waals surface area contributed by atoms with E-state index >= 15 is 0 Å². The number of aryl methyl sites for hydroxylation is 1. The second kappa shape index (κ2) is 7.92. The molecule has 2 unspecified atom stereocenters. The highest BCUT2D eigenvalue weighted by Gasteiger charge is 2.25. The predicted octanol–water partition coefficient (Wildman–Crippen LogP) is 1.91. The van der Waals surface area contributed by atoms with E-state index in [9.17, 15) is 8.42 Å². The number of rotatable bonds is 7. The van der Waals surface area contributed by atoms with Gasteiger partial charge in [0.15, 0.2) is 0 Å². The second-order valence-corrected chi connectivity index (χ2v) is 7.87. The molecule has 1 aliphatic carbocycles. The largest absolute Gasteiger partial charge is 0.330 e. The molecule has 118 valence electrons. The van der Waals surface area contributed by atoms with Crippen LogP contribution >= 0.6 is 0 Å². The molecule has 0 saturated heterocycles. The van der Waals surface area contributed by atoms with E-state index in [1.54, 1.807) is 0 Å². The monoisotopic (exact) mass is 310 g/mol. The van der Waals surface area contributed by atoms with Crippen LogP contribution in [0.5, 0.6) is 0 Å². The van der Waals surface area contributed by atoms with Gasteiger partial charge in [-0.15, -0.1) is 0 Å². The van der Waals surface area contributed by atoms with Crippen LogP contribution in [0, 0.1) is 11.8 Å². The van der Waals surface area contributed by atoms with Gasteiger partial charge in [-0.3, -0.25) is 0 Å². The smallest absolute Gasteiger partial charge is 0.211 e. The molecule has 0 aliphatic heterocycles. The zero-order valence-electron chi connectivity index (χ0n) is 12.5. The van der Waals surface area contributed by atoms with Gasteiger partial charge in [0.1, 0.15) is 0 Å². The lowest BCUT2D eigenvalue weighted by Gasteiger charge is -2.30. The normalized spacial score (nSPS) is 23.1. The first kappa shape index (κ1) is 16.5. The predicted molar refractivity (Wildman–Crippen MR) is 86.4 cm³/mol. The third-order valence-electron chi connectivity index (χ3n) is 4.44. The first-order chi connectivity index (χ1) is 10.1. The molecule has 1 aromatic rings. The summed E-state index contributed by atoms with van der Waals surface area (Å²) in [6.07, 6.45) is 5.18. The lowest BCUT2D eigenvalue weighted by Crippen LogP contribution is -2.38. The standard InChI is InChI=1S/C16H26N2O2S/c17-12-15-8-4-5-9-16(15)13-18-21(19,20)11-10-14-6-2-1-3-7-14/h1-3,6-7,15-16,18H,4-5,8-13,17H2. The summed E-state index contributed by atoms with van der Waals surface area (Å²) in [5.74, 6) is 1.02. The molecule has 1 aromatic carbocycles. The van der Waals surface area contributed by atoms with Crippen LogP contribution in [0.15, 0.2) is 30.3 Å². The molecule has 4 nitrogen and oxygen atoms in total. The van der Waals surface area contributed by atoms with Gasteiger partial charge in [-0.2, -0.15) is 0 Å². The van der Waals surface area contributed by atoms with Crippen LogP contribution in [0.25, 0.3) is 0 Å². The summed E-state index contributed by atoms with van der Waals surface area (Å²) < 4.78 is 27.0. The van der Waals surface area contributed by atoms with E-state index in [2.05, 4.69) is 4.72 Å². The van der Waals surface area contributed by atoms with E-state index < -0.39 is 10.0 Å². The molecule has 21 heavy (non-hydrogen) atoms. The van der Waals surface area contributed by atoms with Crippen molar-refractivity contribution in [1.82, 2.24) is 4.72 Å². The van der Waals surface area contributed by atoms with Gasteiger partial charge in [0.25, 0.3) is 0 Å². The highest BCUT2D eigenvalue weighted by molar-refractivity contribution is 7.89. The number of nitrogens with two attached hydrogens (primary N) is 1. The fraction of sp³-hybridized carbons (Fsp3) is 0.625. The third-order valence-corrected chi connectivity index (χ3v) is 5.79. The van der Waals surface area contributed by atoms with Crippen molar-refractivity contribution in [3.63, 3.8) is 0 Å². The summed E-state index contributed by atoms with van der Waals surface area (Å²) in [7, 11) is -3.20. The maximum absolute atomic E-state index is 12.1. The molecule has 0 radical (unpaired) electrons. The van der Waals surface area contributed by atoms with Gasteiger partial charge in [-0.05, 0) is 43.2 Å². The quantitative estimate of drug-likeness (QED) is 0.808. The molecule has 0 spiro atoms. The molecule has 0 amide bonds. The van der Waals surface area contributed by atoms with Crippen LogP contribution in [0.1, 0.15) is 31.2 Å². The maximum Gasteiger partial charge on any atom is 0.211 e. The fourth-order valence-electron chi connectivity index (χ4n) is 3.07. The minimum Gasteiger partial charge on any atom is -0.330 e. The average molecular weight is 310 g/mol. The molecule has 1 saturated carbocycles. The maximum atomic E-state index is 12.1. The zero-order valence-corrected chi connectivity index (χ0v) is 13.3. The zero-order chi connectivity index (χ0) is 15.1. The van der Waals surface area contributed by atoms with Crippen molar-refractivity contribution < 1.29 is 8.42 Å². The Morgan fingerprint density at radius 3 is 2.43 bits per heavy atom. The molecule has 2 rings (SSSR count). The fourth-order valence-corrected chi connectivity index (χ4v) is 4.18. The van der Waals surface area contributed by atoms with Crippen molar-refractivity contribution in [3.8, 4) is 0 Å². The molecule has 0 heterocycles. The number of benzene rings is 1. The number of hydrogen-bond donors (Lipinski definition) is 2. The molecule has 5 heteroatoms. The van der Waals surface area contributed by atoms with Crippen molar-refractivity contribution in [2.24, 2.45) is 17.6 Å². The molecular formula is C16H26N2O2S. The van der Waals surface area contributed by atoms with Crippen LogP contribution in [0.2, 0.25) is 0 Å².